The second-order valence-corrected chi connectivity index (χ2v) is 9.43. The molecule has 0 aliphatic rings. The number of allylic oxidation sites excluding steroid dienone is 1. The zero-order chi connectivity index (χ0) is 19.8. The molecule has 2 aromatic heterocycles. The van der Waals surface area contributed by atoms with Crippen molar-refractivity contribution >= 4 is 70.4 Å². The van der Waals surface area contributed by atoms with Gasteiger partial charge in [0.05, 0.1) is 11.3 Å². The Morgan fingerprint density at radius 3 is 2.59 bits per heavy atom. The van der Waals surface area contributed by atoms with Crippen LogP contribution in [0.1, 0.15) is 10.6 Å². The Balaban J connectivity index is 1.54. The average Bonchev–Trinajstić information content (AvgIpc) is 3.38. The van der Waals surface area contributed by atoms with Crippen LogP contribution in [0.2, 0.25) is 0 Å². The fourth-order valence-corrected chi connectivity index (χ4v) is 5.43. The van der Waals surface area contributed by atoms with Crippen molar-refractivity contribution in [1.82, 2.24) is 4.98 Å². The molecule has 3 aromatic carbocycles. The number of fused-ring (bicyclic) bond motifs is 3. The zero-order valence-electron chi connectivity index (χ0n) is 15.1. The summed E-state index contributed by atoms with van der Waals surface area (Å²) in [5.41, 5.74) is 3.53. The molecule has 29 heavy (non-hydrogen) atoms. The fraction of sp³-hybridized carbons (Fsp3) is 0. The van der Waals surface area contributed by atoms with E-state index in [2.05, 4.69) is 64.5 Å². The van der Waals surface area contributed by atoms with Gasteiger partial charge >= 0.3 is 0 Å². The monoisotopic (exact) mass is 472 g/mol. The molecule has 0 saturated carbocycles. The van der Waals surface area contributed by atoms with Gasteiger partial charge < -0.3 is 0 Å². The minimum Gasteiger partial charge on any atom is -0.235 e. The van der Waals surface area contributed by atoms with Crippen LogP contribution in [-0.2, 0) is 0 Å². The van der Waals surface area contributed by atoms with E-state index in [0.717, 1.165) is 26.3 Å². The van der Waals surface area contributed by atoms with E-state index in [1.54, 1.807) is 0 Å². The van der Waals surface area contributed by atoms with Crippen molar-refractivity contribution in [3.8, 4) is 17.3 Å². The topological polar surface area (TPSA) is 36.7 Å². The van der Waals surface area contributed by atoms with Crippen LogP contribution in [0.3, 0.4) is 0 Å². The number of nitriles is 1. The van der Waals surface area contributed by atoms with Gasteiger partial charge in [-0.2, -0.15) is 5.26 Å². The molecular weight excluding hydrogens is 460 g/mol. The van der Waals surface area contributed by atoms with E-state index in [1.807, 2.05) is 47.1 Å². The Morgan fingerprint density at radius 1 is 0.966 bits per heavy atom. The van der Waals surface area contributed by atoms with E-state index in [1.165, 1.54) is 31.5 Å². The predicted molar refractivity (Wildman–Crippen MR) is 128 cm³/mol. The van der Waals surface area contributed by atoms with Crippen molar-refractivity contribution in [3.05, 3.63) is 87.2 Å². The Bertz CT molecular complexity index is 1420. The van der Waals surface area contributed by atoms with Gasteiger partial charge in [-0.05, 0) is 42.0 Å². The molecule has 5 heteroatoms. The van der Waals surface area contributed by atoms with Crippen LogP contribution >= 0.6 is 38.6 Å². The van der Waals surface area contributed by atoms with Crippen molar-refractivity contribution in [2.45, 2.75) is 0 Å². The van der Waals surface area contributed by atoms with E-state index >= 15 is 0 Å². The lowest BCUT2D eigenvalue weighted by Gasteiger charge is -1.99. The highest BCUT2D eigenvalue weighted by Gasteiger charge is 2.11. The van der Waals surface area contributed by atoms with Crippen molar-refractivity contribution < 1.29 is 0 Å². The molecule has 0 N–H and O–H groups in total. The van der Waals surface area contributed by atoms with Gasteiger partial charge in [0.25, 0.3) is 0 Å². The number of hydrogen-bond donors (Lipinski definition) is 0. The van der Waals surface area contributed by atoms with Crippen LogP contribution < -0.4 is 0 Å². The summed E-state index contributed by atoms with van der Waals surface area (Å²) >= 11 is 6.75. The lowest BCUT2D eigenvalue weighted by Crippen LogP contribution is -1.83. The van der Waals surface area contributed by atoms with E-state index in [-0.39, 0.29) is 0 Å². The summed E-state index contributed by atoms with van der Waals surface area (Å²) in [6.07, 6.45) is 1.88. The maximum absolute atomic E-state index is 9.65. The first-order valence-electron chi connectivity index (χ1n) is 8.96. The lowest BCUT2D eigenvalue weighted by atomic mass is 10.1. The summed E-state index contributed by atoms with van der Waals surface area (Å²) in [4.78, 5) is 4.76. The molecule has 0 aliphatic carbocycles. The van der Waals surface area contributed by atoms with Gasteiger partial charge in [0, 0.05) is 35.6 Å². The maximum Gasteiger partial charge on any atom is 0.134 e. The van der Waals surface area contributed by atoms with Crippen molar-refractivity contribution in [1.29, 1.82) is 5.26 Å². The van der Waals surface area contributed by atoms with Crippen molar-refractivity contribution in [2.24, 2.45) is 0 Å². The van der Waals surface area contributed by atoms with E-state index in [4.69, 9.17) is 4.98 Å². The van der Waals surface area contributed by atoms with E-state index in [9.17, 15) is 5.26 Å². The first-order valence-corrected chi connectivity index (χ1v) is 11.4. The number of nitrogens with zero attached hydrogens (tertiary/aromatic N) is 2. The summed E-state index contributed by atoms with van der Waals surface area (Å²) < 4.78 is 3.59. The molecule has 5 aromatic rings. The molecule has 2 nitrogen and oxygen atoms in total. The van der Waals surface area contributed by atoms with E-state index < -0.39 is 0 Å². The highest BCUT2D eigenvalue weighted by Crippen LogP contribution is 2.36. The summed E-state index contributed by atoms with van der Waals surface area (Å²) in [6, 6.07) is 25.1. The molecule has 5 rings (SSSR count). The summed E-state index contributed by atoms with van der Waals surface area (Å²) in [5, 5.41) is 14.9. The molecule has 2 heterocycles. The maximum atomic E-state index is 9.65. The number of thiazole rings is 1. The van der Waals surface area contributed by atoms with Gasteiger partial charge in [-0.15, -0.1) is 22.7 Å². The SMILES string of the molecule is N#CC(=Cc1ccc(Br)cc1)c1nc(-c2ccc3sc4ccccc4c3c2)cs1. The van der Waals surface area contributed by atoms with E-state index in [0.29, 0.717) is 5.57 Å². The standard InChI is InChI=1S/C24H13BrN2S2/c25-18-8-5-15(6-9-18)11-17(13-26)24-27-21(14-28-24)16-7-10-23-20(12-16)19-3-1-2-4-22(19)29-23/h1-12,14H. The largest absolute Gasteiger partial charge is 0.235 e. The van der Waals surface area contributed by atoms with Gasteiger partial charge in [-0.1, -0.05) is 52.3 Å². The van der Waals surface area contributed by atoms with Crippen LogP contribution in [0.25, 0.3) is 43.1 Å². The Kier molecular flexibility index (Phi) is 4.76. The first-order chi connectivity index (χ1) is 14.2. The zero-order valence-corrected chi connectivity index (χ0v) is 18.3. The van der Waals surface area contributed by atoms with Crippen molar-refractivity contribution in [3.63, 3.8) is 0 Å². The summed E-state index contributed by atoms with van der Waals surface area (Å²) in [6.45, 7) is 0. The highest BCUT2D eigenvalue weighted by atomic mass is 79.9. The minimum atomic E-state index is 0.575. The highest BCUT2D eigenvalue weighted by molar-refractivity contribution is 9.10. The second-order valence-electron chi connectivity index (χ2n) is 6.57. The molecular formula is C24H13BrN2S2. The van der Waals surface area contributed by atoms with Crippen LogP contribution in [0.4, 0.5) is 0 Å². The number of halogens is 1. The normalized spacial score (nSPS) is 11.8. The molecule has 138 valence electrons. The number of aromatic nitrogens is 1. The Hall–Kier alpha value is -2.78. The van der Waals surface area contributed by atoms with Gasteiger partial charge in [-0.3, -0.25) is 0 Å². The Labute approximate surface area is 184 Å². The van der Waals surface area contributed by atoms with Gasteiger partial charge in [-0.25, -0.2) is 4.98 Å². The minimum absolute atomic E-state index is 0.575. The van der Waals surface area contributed by atoms with Crippen LogP contribution in [0.15, 0.2) is 76.6 Å². The Morgan fingerprint density at radius 2 is 1.76 bits per heavy atom. The molecule has 0 amide bonds. The van der Waals surface area contributed by atoms with Crippen LogP contribution in [0.5, 0.6) is 0 Å². The number of rotatable bonds is 3. The number of benzene rings is 3. The number of hydrogen-bond acceptors (Lipinski definition) is 4. The molecule has 0 aliphatic heterocycles. The molecule has 0 atom stereocenters. The van der Waals surface area contributed by atoms with Crippen LogP contribution in [-0.4, -0.2) is 4.98 Å². The molecule has 0 spiro atoms. The lowest BCUT2D eigenvalue weighted by molar-refractivity contribution is 1.37. The quantitative estimate of drug-likeness (QED) is 0.249. The summed E-state index contributed by atoms with van der Waals surface area (Å²) in [7, 11) is 0. The van der Waals surface area contributed by atoms with Gasteiger partial charge in [0.1, 0.15) is 11.1 Å². The molecule has 0 radical (unpaired) electrons. The van der Waals surface area contributed by atoms with Crippen LogP contribution in [0, 0.1) is 11.3 Å². The van der Waals surface area contributed by atoms with Crippen molar-refractivity contribution in [2.75, 3.05) is 0 Å². The molecule has 0 bridgehead atoms. The molecule has 0 saturated heterocycles. The molecule has 0 fully saturated rings. The average molecular weight is 473 g/mol. The molecule has 0 unspecified atom stereocenters. The predicted octanol–water partition coefficient (Wildman–Crippen LogP) is 8.00. The summed E-state index contributed by atoms with van der Waals surface area (Å²) in [5.74, 6) is 0. The third-order valence-corrected chi connectivity index (χ3v) is 7.26. The van der Waals surface area contributed by atoms with Gasteiger partial charge in [0.15, 0.2) is 0 Å². The first kappa shape index (κ1) is 18.3. The smallest absolute Gasteiger partial charge is 0.134 e. The van der Waals surface area contributed by atoms with Gasteiger partial charge in [0.2, 0.25) is 0 Å². The number of thiophene rings is 1. The third-order valence-electron chi connectivity index (χ3n) is 4.71. The fourth-order valence-electron chi connectivity index (χ4n) is 3.28. The third kappa shape index (κ3) is 3.51. The second kappa shape index (κ2) is 7.57.